The molecule has 0 N–H and O–H groups in total. The number of rotatable bonds is 5. The van der Waals surface area contributed by atoms with Gasteiger partial charge in [0.25, 0.3) is 5.69 Å². The number of benzene rings is 2. The van der Waals surface area contributed by atoms with Gasteiger partial charge < -0.3 is 4.74 Å². The number of carbonyl (C=O) groups is 1. The highest BCUT2D eigenvalue weighted by atomic mass is 35.5. The maximum absolute atomic E-state index is 13.2. The molecule has 23 heavy (non-hydrogen) atoms. The average molecular weight is 342 g/mol. The zero-order chi connectivity index (χ0) is 17.1. The number of ketones is 1. The standard InChI is InChI=1S/C15H10ClF2NO4/c1-8(15(20)9-2-4-12(17)13(18)6-9)23-14-5-3-10(19(21)22)7-11(14)16/h2-8H,1H3/t8-/m1/s1. The number of hydrogen-bond donors (Lipinski definition) is 0. The van der Waals surface area contributed by atoms with Crippen LogP contribution < -0.4 is 4.74 Å². The van der Waals surface area contributed by atoms with Gasteiger partial charge in [-0.25, -0.2) is 8.78 Å². The predicted octanol–water partition coefficient (Wildman–Crippen LogP) is 4.18. The average Bonchev–Trinajstić information content (AvgIpc) is 2.51. The van der Waals surface area contributed by atoms with Gasteiger partial charge in [-0.1, -0.05) is 11.6 Å². The fourth-order valence-electron chi connectivity index (χ4n) is 1.83. The number of halogens is 3. The summed E-state index contributed by atoms with van der Waals surface area (Å²) in [6.07, 6.45) is -1.04. The molecule has 5 nitrogen and oxygen atoms in total. The Kier molecular flexibility index (Phi) is 4.90. The molecule has 8 heteroatoms. The summed E-state index contributed by atoms with van der Waals surface area (Å²) >= 11 is 5.86. The molecule has 0 bridgehead atoms. The predicted molar refractivity (Wildman–Crippen MR) is 78.9 cm³/mol. The molecule has 0 spiro atoms. The van der Waals surface area contributed by atoms with Gasteiger partial charge in [0.15, 0.2) is 17.7 Å². The van der Waals surface area contributed by atoms with Crippen molar-refractivity contribution in [3.63, 3.8) is 0 Å². The van der Waals surface area contributed by atoms with Crippen molar-refractivity contribution in [2.75, 3.05) is 0 Å². The van der Waals surface area contributed by atoms with Gasteiger partial charge in [0.2, 0.25) is 5.78 Å². The second-order valence-electron chi connectivity index (χ2n) is 4.63. The maximum Gasteiger partial charge on any atom is 0.271 e. The molecule has 0 fully saturated rings. The van der Waals surface area contributed by atoms with E-state index in [2.05, 4.69) is 0 Å². The largest absolute Gasteiger partial charge is 0.481 e. The first-order valence-corrected chi connectivity index (χ1v) is 6.77. The maximum atomic E-state index is 13.2. The van der Waals surface area contributed by atoms with E-state index in [4.69, 9.17) is 16.3 Å². The van der Waals surface area contributed by atoms with Gasteiger partial charge in [0.05, 0.1) is 9.95 Å². The molecule has 2 aromatic rings. The van der Waals surface area contributed by atoms with Crippen LogP contribution in [0.2, 0.25) is 5.02 Å². The second kappa shape index (κ2) is 6.70. The fraction of sp³-hybridized carbons (Fsp3) is 0.133. The number of hydrogen-bond acceptors (Lipinski definition) is 4. The van der Waals surface area contributed by atoms with Gasteiger partial charge in [0, 0.05) is 17.7 Å². The zero-order valence-electron chi connectivity index (χ0n) is 11.8. The van der Waals surface area contributed by atoms with Gasteiger partial charge in [-0.2, -0.15) is 0 Å². The van der Waals surface area contributed by atoms with Gasteiger partial charge in [-0.15, -0.1) is 0 Å². The minimum absolute atomic E-state index is 0.0378. The SMILES string of the molecule is C[C@@H](Oc1ccc([N+](=O)[O-])cc1Cl)C(=O)c1ccc(F)c(F)c1. The van der Waals surface area contributed by atoms with E-state index in [9.17, 15) is 23.7 Å². The minimum atomic E-state index is -1.14. The van der Waals surface area contributed by atoms with Crippen LogP contribution in [-0.4, -0.2) is 16.8 Å². The quantitative estimate of drug-likeness (QED) is 0.465. The summed E-state index contributed by atoms with van der Waals surface area (Å²) in [6.45, 7) is 1.40. The molecule has 120 valence electrons. The summed E-state index contributed by atoms with van der Waals surface area (Å²) in [5.41, 5.74) is -0.281. The molecule has 0 saturated carbocycles. The van der Waals surface area contributed by atoms with Crippen molar-refractivity contribution in [1.29, 1.82) is 0 Å². The van der Waals surface area contributed by atoms with Crippen LogP contribution in [0.3, 0.4) is 0 Å². The van der Waals surface area contributed by atoms with E-state index in [0.717, 1.165) is 24.3 Å². The number of nitro groups is 1. The van der Waals surface area contributed by atoms with Crippen molar-refractivity contribution in [3.8, 4) is 5.75 Å². The van der Waals surface area contributed by atoms with E-state index in [0.29, 0.717) is 0 Å². The van der Waals surface area contributed by atoms with E-state index >= 15 is 0 Å². The molecule has 0 heterocycles. The van der Waals surface area contributed by atoms with Crippen LogP contribution in [-0.2, 0) is 0 Å². The summed E-state index contributed by atoms with van der Waals surface area (Å²) < 4.78 is 31.4. The van der Waals surface area contributed by atoms with E-state index < -0.39 is 28.4 Å². The van der Waals surface area contributed by atoms with Crippen LogP contribution in [0.15, 0.2) is 36.4 Å². The first-order chi connectivity index (χ1) is 10.8. The number of ether oxygens (including phenoxy) is 1. The van der Waals surface area contributed by atoms with Gasteiger partial charge in [-0.3, -0.25) is 14.9 Å². The van der Waals surface area contributed by atoms with Crippen LogP contribution in [0.4, 0.5) is 14.5 Å². The van der Waals surface area contributed by atoms with Crippen molar-refractivity contribution in [1.82, 2.24) is 0 Å². The van der Waals surface area contributed by atoms with Crippen LogP contribution in [0.1, 0.15) is 17.3 Å². The van der Waals surface area contributed by atoms with Crippen LogP contribution in [0.5, 0.6) is 5.75 Å². The van der Waals surface area contributed by atoms with Crippen molar-refractivity contribution >= 4 is 23.1 Å². The number of Topliss-reactive ketones (excluding diaryl/α,β-unsaturated/α-hetero) is 1. The minimum Gasteiger partial charge on any atom is -0.481 e. The molecule has 0 aliphatic heterocycles. The summed E-state index contributed by atoms with van der Waals surface area (Å²) in [5, 5.41) is 10.6. The summed E-state index contributed by atoms with van der Waals surface area (Å²) in [4.78, 5) is 22.1. The Morgan fingerprint density at radius 2 is 1.91 bits per heavy atom. The van der Waals surface area contributed by atoms with E-state index in [-0.39, 0.29) is 22.0 Å². The molecule has 0 aliphatic carbocycles. The van der Waals surface area contributed by atoms with Crippen molar-refractivity contribution < 1.29 is 23.2 Å². The topological polar surface area (TPSA) is 69.4 Å². The Balaban J connectivity index is 2.18. The lowest BCUT2D eigenvalue weighted by Crippen LogP contribution is -2.24. The number of nitrogens with zero attached hydrogens (tertiary/aromatic N) is 1. The summed E-state index contributed by atoms with van der Waals surface area (Å²) in [5.74, 6) is -2.72. The molecular weight excluding hydrogens is 332 g/mol. The zero-order valence-corrected chi connectivity index (χ0v) is 12.5. The Morgan fingerprint density at radius 1 is 1.22 bits per heavy atom. The molecule has 0 amide bonds. The molecule has 1 atom stereocenters. The molecule has 0 unspecified atom stereocenters. The lowest BCUT2D eigenvalue weighted by molar-refractivity contribution is -0.384. The second-order valence-corrected chi connectivity index (χ2v) is 5.03. The summed E-state index contributed by atoms with van der Waals surface area (Å²) in [7, 11) is 0. The lowest BCUT2D eigenvalue weighted by Gasteiger charge is -2.14. The third kappa shape index (κ3) is 3.81. The molecule has 0 aliphatic rings. The van der Waals surface area contributed by atoms with Gasteiger partial charge in [0.1, 0.15) is 5.75 Å². The highest BCUT2D eigenvalue weighted by Crippen LogP contribution is 2.29. The van der Waals surface area contributed by atoms with Gasteiger partial charge >= 0.3 is 0 Å². The Bertz CT molecular complexity index is 782. The molecule has 2 rings (SSSR count). The molecule has 0 radical (unpaired) electrons. The van der Waals surface area contributed by atoms with E-state index in [1.54, 1.807) is 0 Å². The van der Waals surface area contributed by atoms with Crippen LogP contribution >= 0.6 is 11.6 Å². The van der Waals surface area contributed by atoms with Crippen molar-refractivity contribution in [2.24, 2.45) is 0 Å². The number of non-ortho nitro benzene ring substituents is 1. The van der Waals surface area contributed by atoms with Crippen molar-refractivity contribution in [3.05, 3.63) is 68.7 Å². The van der Waals surface area contributed by atoms with E-state index in [1.807, 2.05) is 0 Å². The molecule has 0 aromatic heterocycles. The number of nitro benzene ring substituents is 1. The van der Waals surface area contributed by atoms with Crippen LogP contribution in [0, 0.1) is 21.7 Å². The normalized spacial score (nSPS) is 11.8. The Hall–Kier alpha value is -2.54. The van der Waals surface area contributed by atoms with E-state index in [1.165, 1.54) is 19.1 Å². The third-order valence-electron chi connectivity index (χ3n) is 3.00. The molecule has 0 saturated heterocycles. The third-order valence-corrected chi connectivity index (χ3v) is 3.30. The molecular formula is C15H10ClF2NO4. The smallest absolute Gasteiger partial charge is 0.271 e. The lowest BCUT2D eigenvalue weighted by atomic mass is 10.1. The monoisotopic (exact) mass is 341 g/mol. The fourth-order valence-corrected chi connectivity index (χ4v) is 2.05. The van der Waals surface area contributed by atoms with Crippen molar-refractivity contribution in [2.45, 2.75) is 13.0 Å². The first kappa shape index (κ1) is 16.8. The Morgan fingerprint density at radius 3 is 2.48 bits per heavy atom. The first-order valence-electron chi connectivity index (χ1n) is 6.39. The van der Waals surface area contributed by atoms with Crippen LogP contribution in [0.25, 0.3) is 0 Å². The highest BCUT2D eigenvalue weighted by molar-refractivity contribution is 6.32. The number of carbonyl (C=O) groups excluding carboxylic acids is 1. The molecule has 2 aromatic carbocycles. The Labute approximate surface area is 134 Å². The highest BCUT2D eigenvalue weighted by Gasteiger charge is 2.20. The van der Waals surface area contributed by atoms with Gasteiger partial charge in [-0.05, 0) is 31.2 Å². The summed E-state index contributed by atoms with van der Waals surface area (Å²) in [6, 6.07) is 6.28.